The molecule has 86 valence electrons. The lowest BCUT2D eigenvalue weighted by Gasteiger charge is -2.03. The Balaban J connectivity index is 2.73. The van der Waals surface area contributed by atoms with Gasteiger partial charge in [0.25, 0.3) is 0 Å². The molecular formula is C12H15FN2O. The summed E-state index contributed by atoms with van der Waals surface area (Å²) >= 11 is 0. The SMILES string of the molecule is CC(=O)NCC=Cc1cc(F)c(N)cc1C. The van der Waals surface area contributed by atoms with Crippen LogP contribution in [0.15, 0.2) is 18.2 Å². The van der Waals surface area contributed by atoms with Gasteiger partial charge in [-0.15, -0.1) is 0 Å². The van der Waals surface area contributed by atoms with Gasteiger partial charge in [-0.25, -0.2) is 4.39 Å². The van der Waals surface area contributed by atoms with E-state index < -0.39 is 5.82 Å². The summed E-state index contributed by atoms with van der Waals surface area (Å²) in [5, 5.41) is 2.62. The number of hydrogen-bond acceptors (Lipinski definition) is 2. The van der Waals surface area contributed by atoms with E-state index in [9.17, 15) is 9.18 Å². The molecule has 1 aromatic carbocycles. The number of hydrogen-bond donors (Lipinski definition) is 2. The van der Waals surface area contributed by atoms with Gasteiger partial charge < -0.3 is 11.1 Å². The predicted molar refractivity (Wildman–Crippen MR) is 63.3 cm³/mol. The van der Waals surface area contributed by atoms with Crippen molar-refractivity contribution in [1.29, 1.82) is 0 Å². The van der Waals surface area contributed by atoms with Crippen molar-refractivity contribution in [3.05, 3.63) is 35.2 Å². The third-order valence-electron chi connectivity index (χ3n) is 2.15. The average Bonchev–Trinajstić information content (AvgIpc) is 2.19. The number of carbonyl (C=O) groups is 1. The smallest absolute Gasteiger partial charge is 0.217 e. The summed E-state index contributed by atoms with van der Waals surface area (Å²) in [6.45, 7) is 3.73. The lowest BCUT2D eigenvalue weighted by atomic mass is 10.1. The molecule has 0 aliphatic heterocycles. The van der Waals surface area contributed by atoms with E-state index in [4.69, 9.17) is 5.73 Å². The van der Waals surface area contributed by atoms with E-state index in [0.29, 0.717) is 6.54 Å². The molecule has 1 amide bonds. The highest BCUT2D eigenvalue weighted by Crippen LogP contribution is 2.17. The minimum absolute atomic E-state index is 0.0927. The third kappa shape index (κ3) is 3.38. The van der Waals surface area contributed by atoms with Crippen molar-refractivity contribution in [2.45, 2.75) is 13.8 Å². The Morgan fingerprint density at radius 1 is 1.56 bits per heavy atom. The van der Waals surface area contributed by atoms with Gasteiger partial charge in [0.05, 0.1) is 5.69 Å². The number of nitrogens with two attached hydrogens (primary N) is 1. The number of halogens is 1. The zero-order valence-corrected chi connectivity index (χ0v) is 9.38. The maximum absolute atomic E-state index is 13.2. The van der Waals surface area contributed by atoms with Crippen LogP contribution in [0.3, 0.4) is 0 Å². The Bertz CT molecular complexity index is 427. The molecule has 0 saturated carbocycles. The number of nitrogens with one attached hydrogen (secondary N) is 1. The maximum atomic E-state index is 13.2. The number of benzene rings is 1. The Labute approximate surface area is 94.1 Å². The summed E-state index contributed by atoms with van der Waals surface area (Å²) in [4.78, 5) is 10.6. The summed E-state index contributed by atoms with van der Waals surface area (Å²) in [5.41, 5.74) is 7.24. The van der Waals surface area contributed by atoms with Crippen LogP contribution in [-0.4, -0.2) is 12.5 Å². The molecule has 0 atom stereocenters. The molecular weight excluding hydrogens is 207 g/mol. The quantitative estimate of drug-likeness (QED) is 0.767. The van der Waals surface area contributed by atoms with Crippen LogP contribution in [0.2, 0.25) is 0 Å². The highest BCUT2D eigenvalue weighted by atomic mass is 19.1. The Morgan fingerprint density at radius 2 is 2.25 bits per heavy atom. The highest BCUT2D eigenvalue weighted by molar-refractivity contribution is 5.73. The number of carbonyl (C=O) groups excluding carboxylic acids is 1. The lowest BCUT2D eigenvalue weighted by molar-refractivity contribution is -0.118. The molecule has 0 radical (unpaired) electrons. The Morgan fingerprint density at radius 3 is 2.88 bits per heavy atom. The zero-order chi connectivity index (χ0) is 12.1. The fraction of sp³-hybridized carbons (Fsp3) is 0.250. The molecule has 0 aliphatic rings. The van der Waals surface area contributed by atoms with E-state index in [1.54, 1.807) is 18.2 Å². The first-order valence-corrected chi connectivity index (χ1v) is 4.97. The van der Waals surface area contributed by atoms with Crippen LogP contribution < -0.4 is 11.1 Å². The molecule has 0 spiro atoms. The molecule has 0 aromatic heterocycles. The van der Waals surface area contributed by atoms with Crippen LogP contribution >= 0.6 is 0 Å². The fourth-order valence-electron chi connectivity index (χ4n) is 1.29. The Kier molecular flexibility index (Phi) is 4.05. The van der Waals surface area contributed by atoms with E-state index in [-0.39, 0.29) is 11.6 Å². The molecule has 0 aliphatic carbocycles. The van der Waals surface area contributed by atoms with Crippen LogP contribution in [-0.2, 0) is 4.79 Å². The third-order valence-corrected chi connectivity index (χ3v) is 2.15. The number of anilines is 1. The molecule has 4 heteroatoms. The topological polar surface area (TPSA) is 55.1 Å². The largest absolute Gasteiger partial charge is 0.396 e. The summed E-state index contributed by atoms with van der Waals surface area (Å²) in [7, 11) is 0. The average molecular weight is 222 g/mol. The minimum Gasteiger partial charge on any atom is -0.396 e. The molecule has 0 fully saturated rings. The Hall–Kier alpha value is -1.84. The van der Waals surface area contributed by atoms with E-state index in [2.05, 4.69) is 5.32 Å². The van der Waals surface area contributed by atoms with Gasteiger partial charge >= 0.3 is 0 Å². The molecule has 0 saturated heterocycles. The molecule has 1 rings (SSSR count). The van der Waals surface area contributed by atoms with Gasteiger partial charge in [-0.3, -0.25) is 4.79 Å². The van der Waals surface area contributed by atoms with Gasteiger partial charge in [-0.05, 0) is 30.2 Å². The molecule has 0 unspecified atom stereocenters. The van der Waals surface area contributed by atoms with Gasteiger partial charge in [-0.1, -0.05) is 12.2 Å². The van der Waals surface area contributed by atoms with Crippen LogP contribution in [0.4, 0.5) is 10.1 Å². The summed E-state index contributed by atoms with van der Waals surface area (Å²) < 4.78 is 13.2. The summed E-state index contributed by atoms with van der Waals surface area (Å²) in [5.74, 6) is -0.519. The first kappa shape index (κ1) is 12.2. The van der Waals surface area contributed by atoms with Crippen molar-refractivity contribution in [1.82, 2.24) is 5.32 Å². The van der Waals surface area contributed by atoms with Gasteiger partial charge in [0.1, 0.15) is 5.82 Å². The number of amides is 1. The van der Waals surface area contributed by atoms with Crippen molar-refractivity contribution in [2.75, 3.05) is 12.3 Å². The van der Waals surface area contributed by atoms with Crippen LogP contribution in [0, 0.1) is 12.7 Å². The van der Waals surface area contributed by atoms with E-state index in [1.807, 2.05) is 6.92 Å². The normalized spacial score (nSPS) is 10.7. The van der Waals surface area contributed by atoms with Gasteiger partial charge in [-0.2, -0.15) is 0 Å². The number of aryl methyl sites for hydroxylation is 1. The molecule has 0 heterocycles. The van der Waals surface area contributed by atoms with Crippen LogP contribution in [0.5, 0.6) is 0 Å². The van der Waals surface area contributed by atoms with Crippen molar-refractivity contribution in [3.8, 4) is 0 Å². The van der Waals surface area contributed by atoms with Crippen LogP contribution in [0.25, 0.3) is 6.08 Å². The van der Waals surface area contributed by atoms with Crippen molar-refractivity contribution in [2.24, 2.45) is 0 Å². The van der Waals surface area contributed by atoms with Crippen LogP contribution in [0.1, 0.15) is 18.1 Å². The maximum Gasteiger partial charge on any atom is 0.217 e. The van der Waals surface area contributed by atoms with Gasteiger partial charge in [0.2, 0.25) is 5.91 Å². The zero-order valence-electron chi connectivity index (χ0n) is 9.38. The molecule has 3 N–H and O–H groups in total. The molecule has 16 heavy (non-hydrogen) atoms. The van der Waals surface area contributed by atoms with E-state index in [1.165, 1.54) is 13.0 Å². The lowest BCUT2D eigenvalue weighted by Crippen LogP contribution is -2.19. The van der Waals surface area contributed by atoms with Crippen molar-refractivity contribution in [3.63, 3.8) is 0 Å². The predicted octanol–water partition coefficient (Wildman–Crippen LogP) is 1.87. The number of rotatable bonds is 3. The molecule has 0 bridgehead atoms. The fourth-order valence-corrected chi connectivity index (χ4v) is 1.29. The first-order chi connectivity index (χ1) is 7.50. The minimum atomic E-state index is -0.426. The van der Waals surface area contributed by atoms with E-state index in [0.717, 1.165) is 11.1 Å². The monoisotopic (exact) mass is 222 g/mol. The highest BCUT2D eigenvalue weighted by Gasteiger charge is 2.01. The van der Waals surface area contributed by atoms with Gasteiger partial charge in [0, 0.05) is 13.5 Å². The summed E-state index contributed by atoms with van der Waals surface area (Å²) in [6.07, 6.45) is 3.52. The second kappa shape index (κ2) is 5.30. The van der Waals surface area contributed by atoms with Crippen molar-refractivity contribution < 1.29 is 9.18 Å². The number of nitrogen functional groups attached to an aromatic ring is 1. The van der Waals surface area contributed by atoms with Crippen molar-refractivity contribution >= 4 is 17.7 Å². The molecule has 3 nitrogen and oxygen atoms in total. The second-order valence-electron chi connectivity index (χ2n) is 3.57. The molecule has 1 aromatic rings. The van der Waals surface area contributed by atoms with E-state index >= 15 is 0 Å². The first-order valence-electron chi connectivity index (χ1n) is 4.97. The summed E-state index contributed by atoms with van der Waals surface area (Å²) in [6, 6.07) is 2.97. The second-order valence-corrected chi connectivity index (χ2v) is 3.57. The van der Waals surface area contributed by atoms with Gasteiger partial charge in [0.15, 0.2) is 0 Å². The standard InChI is InChI=1S/C12H15FN2O/c1-8-6-12(14)11(13)7-10(8)4-3-5-15-9(2)16/h3-4,6-7H,5,14H2,1-2H3,(H,15,16).